The number of aryl methyl sites for hydroxylation is 2. The number of halogens is 1. The number of aromatic nitrogens is 2. The normalized spacial score (nSPS) is 10.2. The fourth-order valence-corrected chi connectivity index (χ4v) is 2.07. The van der Waals surface area contributed by atoms with Crippen LogP contribution in [0.4, 0.5) is 5.69 Å². The second-order valence-electron chi connectivity index (χ2n) is 4.26. The van der Waals surface area contributed by atoms with Crippen LogP contribution in [0.1, 0.15) is 23.9 Å². The first kappa shape index (κ1) is 13.4. The van der Waals surface area contributed by atoms with E-state index in [2.05, 4.69) is 29.5 Å². The summed E-state index contributed by atoms with van der Waals surface area (Å²) in [6.45, 7) is 2.73. The second-order valence-corrected chi connectivity index (χ2v) is 4.67. The van der Waals surface area contributed by atoms with E-state index in [1.807, 2.05) is 17.8 Å². The maximum absolute atomic E-state index is 8.79. The molecule has 5 heteroatoms. The molecule has 1 N–H and O–H groups in total. The summed E-state index contributed by atoms with van der Waals surface area (Å²) < 4.78 is 1.86. The Morgan fingerprint density at radius 1 is 1.42 bits per heavy atom. The largest absolute Gasteiger partial charge is 0.378 e. The topological polar surface area (TPSA) is 53.6 Å². The summed E-state index contributed by atoms with van der Waals surface area (Å²) in [5.74, 6) is 0. The van der Waals surface area contributed by atoms with E-state index in [4.69, 9.17) is 16.9 Å². The second kappa shape index (κ2) is 5.77. The lowest BCUT2D eigenvalue weighted by atomic mass is 10.2. The lowest BCUT2D eigenvalue weighted by Gasteiger charge is -2.08. The maximum Gasteiger partial charge on any atom is 0.0992 e. The zero-order valence-electron chi connectivity index (χ0n) is 10.9. The molecule has 2 rings (SSSR count). The van der Waals surface area contributed by atoms with Gasteiger partial charge >= 0.3 is 0 Å². The highest BCUT2D eigenvalue weighted by Crippen LogP contribution is 2.23. The van der Waals surface area contributed by atoms with Crippen molar-refractivity contribution in [1.82, 2.24) is 9.78 Å². The molecule has 19 heavy (non-hydrogen) atoms. The smallest absolute Gasteiger partial charge is 0.0992 e. The van der Waals surface area contributed by atoms with Crippen molar-refractivity contribution in [1.29, 1.82) is 5.26 Å². The molecule has 0 aliphatic carbocycles. The van der Waals surface area contributed by atoms with E-state index in [1.165, 1.54) is 0 Å². The van der Waals surface area contributed by atoms with Crippen LogP contribution in [0, 0.1) is 11.3 Å². The van der Waals surface area contributed by atoms with Crippen LogP contribution in [0.2, 0.25) is 5.02 Å². The molecule has 2 aromatic rings. The van der Waals surface area contributed by atoms with E-state index in [-0.39, 0.29) is 0 Å². The van der Waals surface area contributed by atoms with Crippen molar-refractivity contribution in [3.8, 4) is 6.07 Å². The van der Waals surface area contributed by atoms with Crippen molar-refractivity contribution in [2.75, 3.05) is 5.32 Å². The van der Waals surface area contributed by atoms with Crippen LogP contribution >= 0.6 is 11.6 Å². The van der Waals surface area contributed by atoms with E-state index < -0.39 is 0 Å². The molecule has 1 aromatic carbocycles. The van der Waals surface area contributed by atoms with Gasteiger partial charge in [0.15, 0.2) is 0 Å². The predicted molar refractivity (Wildman–Crippen MR) is 76.1 cm³/mol. The Hall–Kier alpha value is -1.99. The van der Waals surface area contributed by atoms with Crippen molar-refractivity contribution in [2.45, 2.75) is 19.9 Å². The molecule has 98 valence electrons. The molecule has 0 fully saturated rings. The van der Waals surface area contributed by atoms with Gasteiger partial charge in [0.05, 0.1) is 40.3 Å². The van der Waals surface area contributed by atoms with Crippen LogP contribution in [0.3, 0.4) is 0 Å². The molecular weight excluding hydrogens is 260 g/mol. The van der Waals surface area contributed by atoms with Crippen molar-refractivity contribution in [3.63, 3.8) is 0 Å². The van der Waals surface area contributed by atoms with E-state index in [0.29, 0.717) is 17.1 Å². The first-order valence-corrected chi connectivity index (χ1v) is 6.47. The molecule has 0 spiro atoms. The van der Waals surface area contributed by atoms with Crippen molar-refractivity contribution in [3.05, 3.63) is 46.2 Å². The highest BCUT2D eigenvalue weighted by Gasteiger charge is 2.05. The summed E-state index contributed by atoms with van der Waals surface area (Å²) in [6.07, 6.45) is 0.922. The number of nitrogens with one attached hydrogen (secondary N) is 1. The van der Waals surface area contributed by atoms with Crippen molar-refractivity contribution in [2.24, 2.45) is 7.05 Å². The molecule has 1 aromatic heterocycles. The Morgan fingerprint density at radius 2 is 2.21 bits per heavy atom. The minimum atomic E-state index is 0.553. The third-order valence-electron chi connectivity index (χ3n) is 2.95. The number of nitrogens with zero attached hydrogens (tertiary/aromatic N) is 3. The first-order chi connectivity index (χ1) is 9.13. The third kappa shape index (κ3) is 3.07. The summed E-state index contributed by atoms with van der Waals surface area (Å²) in [7, 11) is 1.93. The highest BCUT2D eigenvalue weighted by atomic mass is 35.5. The highest BCUT2D eigenvalue weighted by molar-refractivity contribution is 6.33. The lowest BCUT2D eigenvalue weighted by molar-refractivity contribution is 0.707. The number of anilines is 1. The molecule has 1 heterocycles. The fraction of sp³-hybridized carbons (Fsp3) is 0.286. The van der Waals surface area contributed by atoms with Crippen LogP contribution in [0.25, 0.3) is 0 Å². The monoisotopic (exact) mass is 274 g/mol. The molecule has 0 atom stereocenters. The maximum atomic E-state index is 8.79. The Bertz CT molecular complexity index is 625. The van der Waals surface area contributed by atoms with E-state index in [9.17, 15) is 0 Å². The molecule has 0 saturated heterocycles. The quantitative estimate of drug-likeness (QED) is 0.932. The fourth-order valence-electron chi connectivity index (χ4n) is 1.82. The summed E-state index contributed by atoms with van der Waals surface area (Å²) in [4.78, 5) is 0. The summed E-state index contributed by atoms with van der Waals surface area (Å²) in [6, 6.07) is 9.36. The molecule has 4 nitrogen and oxygen atoms in total. The van der Waals surface area contributed by atoms with Gasteiger partial charge in [0, 0.05) is 7.05 Å². The Kier molecular flexibility index (Phi) is 4.08. The number of hydrogen-bond acceptors (Lipinski definition) is 3. The van der Waals surface area contributed by atoms with Crippen LogP contribution in [-0.4, -0.2) is 9.78 Å². The lowest BCUT2D eigenvalue weighted by Crippen LogP contribution is -2.05. The van der Waals surface area contributed by atoms with Gasteiger partial charge in [-0.15, -0.1) is 0 Å². The molecule has 0 aliphatic heterocycles. The standard InChI is InChI=1S/C14H15ClN4/c1-3-11-7-12(19(2)18-11)9-17-14-5-4-10(8-16)6-13(14)15/h4-7,17H,3,9H2,1-2H3. The first-order valence-electron chi connectivity index (χ1n) is 6.09. The summed E-state index contributed by atoms with van der Waals surface area (Å²) in [5, 5.41) is 17.0. The van der Waals surface area contributed by atoms with Gasteiger partial charge in [-0.1, -0.05) is 18.5 Å². The van der Waals surface area contributed by atoms with Crippen LogP contribution in [-0.2, 0) is 20.0 Å². The Labute approximate surface area is 117 Å². The van der Waals surface area contributed by atoms with Gasteiger partial charge in [-0.25, -0.2) is 0 Å². The van der Waals surface area contributed by atoms with Crippen molar-refractivity contribution < 1.29 is 0 Å². The molecule has 0 saturated carbocycles. The molecule has 0 bridgehead atoms. The van der Waals surface area contributed by atoms with Crippen LogP contribution in [0.5, 0.6) is 0 Å². The van der Waals surface area contributed by atoms with Gasteiger partial charge in [-0.05, 0) is 30.7 Å². The Balaban J connectivity index is 2.10. The van der Waals surface area contributed by atoms with Gasteiger partial charge in [-0.2, -0.15) is 10.4 Å². The van der Waals surface area contributed by atoms with Gasteiger partial charge in [0.1, 0.15) is 0 Å². The van der Waals surface area contributed by atoms with Gasteiger partial charge in [0.2, 0.25) is 0 Å². The van der Waals surface area contributed by atoms with E-state index >= 15 is 0 Å². The third-order valence-corrected chi connectivity index (χ3v) is 3.26. The average molecular weight is 275 g/mol. The zero-order chi connectivity index (χ0) is 13.8. The van der Waals surface area contributed by atoms with E-state index in [0.717, 1.165) is 23.5 Å². The van der Waals surface area contributed by atoms with E-state index in [1.54, 1.807) is 12.1 Å². The van der Waals surface area contributed by atoms with Gasteiger partial charge in [-0.3, -0.25) is 4.68 Å². The minimum Gasteiger partial charge on any atom is -0.378 e. The number of hydrogen-bond donors (Lipinski definition) is 1. The minimum absolute atomic E-state index is 0.553. The number of nitriles is 1. The predicted octanol–water partition coefficient (Wildman–Crippen LogP) is 3.12. The zero-order valence-corrected chi connectivity index (χ0v) is 11.7. The van der Waals surface area contributed by atoms with Crippen molar-refractivity contribution >= 4 is 17.3 Å². The Morgan fingerprint density at radius 3 is 2.79 bits per heavy atom. The summed E-state index contributed by atoms with van der Waals surface area (Å²) >= 11 is 6.11. The molecular formula is C14H15ClN4. The average Bonchev–Trinajstić information content (AvgIpc) is 2.78. The summed E-state index contributed by atoms with van der Waals surface area (Å²) in [5.41, 5.74) is 3.55. The van der Waals surface area contributed by atoms with Crippen LogP contribution < -0.4 is 5.32 Å². The molecule has 0 aliphatic rings. The number of benzene rings is 1. The SMILES string of the molecule is CCc1cc(CNc2ccc(C#N)cc2Cl)n(C)n1. The number of rotatable bonds is 4. The molecule has 0 radical (unpaired) electrons. The van der Waals surface area contributed by atoms with Crippen LogP contribution in [0.15, 0.2) is 24.3 Å². The van der Waals surface area contributed by atoms with Gasteiger partial charge < -0.3 is 5.32 Å². The van der Waals surface area contributed by atoms with Gasteiger partial charge in [0.25, 0.3) is 0 Å². The molecule has 0 unspecified atom stereocenters. The molecule has 0 amide bonds.